The first-order valence-electron chi connectivity index (χ1n) is 8.54. The third-order valence-electron chi connectivity index (χ3n) is 3.47. The molecule has 0 bridgehead atoms. The number of hydrogen-bond acceptors (Lipinski definition) is 7. The van der Waals surface area contributed by atoms with Crippen LogP contribution in [0.3, 0.4) is 0 Å². The quantitative estimate of drug-likeness (QED) is 0.605. The van der Waals surface area contributed by atoms with Crippen LogP contribution >= 0.6 is 0 Å². The minimum absolute atomic E-state index is 0.168. The monoisotopic (exact) mass is 369 g/mol. The Bertz CT molecular complexity index is 591. The van der Waals surface area contributed by atoms with Crippen LogP contribution in [0.5, 0.6) is 11.5 Å². The summed E-state index contributed by atoms with van der Waals surface area (Å²) in [7, 11) is 1.16. The molecule has 0 spiro atoms. The summed E-state index contributed by atoms with van der Waals surface area (Å²) in [6.07, 6.45) is -2.09. The second-order valence-corrected chi connectivity index (χ2v) is 5.29. The highest BCUT2D eigenvalue weighted by molar-refractivity contribution is 5.77. The van der Waals surface area contributed by atoms with Crippen LogP contribution in [0.4, 0.5) is 4.79 Å². The molecule has 8 heteroatoms. The highest BCUT2D eigenvalue weighted by Crippen LogP contribution is 2.29. The Kier molecular flexibility index (Phi) is 9.29. The molecule has 0 heterocycles. The highest BCUT2D eigenvalue weighted by Gasteiger charge is 2.29. The summed E-state index contributed by atoms with van der Waals surface area (Å²) < 4.78 is 20.5. The van der Waals surface area contributed by atoms with E-state index < -0.39 is 24.2 Å². The normalized spacial score (nSPS) is 12.7. The van der Waals surface area contributed by atoms with Crippen LogP contribution < -0.4 is 14.8 Å². The summed E-state index contributed by atoms with van der Waals surface area (Å²) >= 11 is 0. The van der Waals surface area contributed by atoms with Gasteiger partial charge in [0.05, 0.1) is 33.0 Å². The van der Waals surface area contributed by atoms with Gasteiger partial charge < -0.3 is 29.4 Å². The zero-order chi connectivity index (χ0) is 19.5. The SMILES string of the molecule is CCOC(=O)NC(Cc1ccc(OCC)c(OCC)c1)C(O)C(=O)OC. The molecule has 0 fully saturated rings. The molecule has 2 atom stereocenters. The first-order valence-corrected chi connectivity index (χ1v) is 8.54. The third kappa shape index (κ3) is 6.44. The average molecular weight is 369 g/mol. The Morgan fingerprint density at radius 2 is 1.73 bits per heavy atom. The van der Waals surface area contributed by atoms with Crippen LogP contribution in [-0.4, -0.2) is 56.2 Å². The van der Waals surface area contributed by atoms with E-state index in [0.29, 0.717) is 24.7 Å². The Labute approximate surface area is 153 Å². The lowest BCUT2D eigenvalue weighted by molar-refractivity contribution is -0.151. The molecule has 1 aromatic rings. The fourth-order valence-electron chi connectivity index (χ4n) is 2.33. The number of aliphatic hydroxyl groups excluding tert-OH is 1. The lowest BCUT2D eigenvalue weighted by Crippen LogP contribution is -2.48. The Hall–Kier alpha value is -2.48. The van der Waals surface area contributed by atoms with E-state index in [2.05, 4.69) is 10.1 Å². The molecule has 0 aromatic heterocycles. The predicted octanol–water partition coefficient (Wildman–Crippen LogP) is 1.68. The molecule has 0 aliphatic carbocycles. The third-order valence-corrected chi connectivity index (χ3v) is 3.47. The number of alkyl carbamates (subject to hydrolysis) is 1. The minimum atomic E-state index is -1.54. The number of amides is 1. The van der Waals surface area contributed by atoms with Gasteiger partial charge in [0.15, 0.2) is 17.6 Å². The number of nitrogens with one attached hydrogen (secondary N) is 1. The van der Waals surface area contributed by atoms with E-state index in [-0.39, 0.29) is 13.0 Å². The van der Waals surface area contributed by atoms with Gasteiger partial charge >= 0.3 is 12.1 Å². The van der Waals surface area contributed by atoms with Crippen LogP contribution in [0, 0.1) is 0 Å². The minimum Gasteiger partial charge on any atom is -0.490 e. The van der Waals surface area contributed by atoms with Gasteiger partial charge in [-0.05, 0) is 44.9 Å². The fourth-order valence-corrected chi connectivity index (χ4v) is 2.33. The lowest BCUT2D eigenvalue weighted by Gasteiger charge is -2.22. The van der Waals surface area contributed by atoms with Crippen LogP contribution in [0.1, 0.15) is 26.3 Å². The summed E-state index contributed by atoms with van der Waals surface area (Å²) in [6.45, 7) is 6.51. The van der Waals surface area contributed by atoms with Gasteiger partial charge in [-0.25, -0.2) is 9.59 Å². The van der Waals surface area contributed by atoms with Crippen LogP contribution in [0.15, 0.2) is 18.2 Å². The topological polar surface area (TPSA) is 103 Å². The number of carbonyl (C=O) groups is 2. The maximum absolute atomic E-state index is 11.7. The molecule has 1 amide bonds. The lowest BCUT2D eigenvalue weighted by atomic mass is 10.0. The number of esters is 1. The van der Waals surface area contributed by atoms with Crippen molar-refractivity contribution in [3.05, 3.63) is 23.8 Å². The van der Waals surface area contributed by atoms with Crippen molar-refractivity contribution in [3.63, 3.8) is 0 Å². The molecule has 0 aliphatic rings. The number of hydrogen-bond donors (Lipinski definition) is 2. The van der Waals surface area contributed by atoms with Crippen molar-refractivity contribution in [2.45, 2.75) is 39.3 Å². The van der Waals surface area contributed by atoms with E-state index in [9.17, 15) is 14.7 Å². The molecule has 0 saturated carbocycles. The molecule has 26 heavy (non-hydrogen) atoms. The first-order chi connectivity index (χ1) is 12.5. The molecule has 1 rings (SSSR count). The van der Waals surface area contributed by atoms with Crippen molar-refractivity contribution >= 4 is 12.1 Å². The van der Waals surface area contributed by atoms with Gasteiger partial charge in [0.2, 0.25) is 0 Å². The Morgan fingerprint density at radius 3 is 2.31 bits per heavy atom. The number of ether oxygens (including phenoxy) is 4. The van der Waals surface area contributed by atoms with Gasteiger partial charge in [0.1, 0.15) is 0 Å². The molecule has 146 valence electrons. The molecule has 1 aromatic carbocycles. The highest BCUT2D eigenvalue weighted by atomic mass is 16.6. The smallest absolute Gasteiger partial charge is 0.407 e. The molecular formula is C18H27NO7. The average Bonchev–Trinajstić information content (AvgIpc) is 2.62. The Balaban J connectivity index is 3.02. The van der Waals surface area contributed by atoms with E-state index in [4.69, 9.17) is 14.2 Å². The van der Waals surface area contributed by atoms with Crippen LogP contribution in [-0.2, 0) is 20.7 Å². The van der Waals surface area contributed by atoms with Gasteiger partial charge in [-0.3, -0.25) is 0 Å². The van der Waals surface area contributed by atoms with E-state index >= 15 is 0 Å². The van der Waals surface area contributed by atoms with Crippen molar-refractivity contribution in [2.24, 2.45) is 0 Å². The second-order valence-electron chi connectivity index (χ2n) is 5.29. The van der Waals surface area contributed by atoms with Gasteiger partial charge in [0, 0.05) is 0 Å². The summed E-state index contributed by atoms with van der Waals surface area (Å²) in [5.74, 6) is 0.304. The number of carbonyl (C=O) groups excluding carboxylic acids is 2. The molecule has 2 unspecified atom stereocenters. The number of methoxy groups -OCH3 is 1. The molecular weight excluding hydrogens is 342 g/mol. The van der Waals surface area contributed by atoms with Gasteiger partial charge in [-0.15, -0.1) is 0 Å². The van der Waals surface area contributed by atoms with Crippen molar-refractivity contribution in [2.75, 3.05) is 26.9 Å². The van der Waals surface area contributed by atoms with Crippen molar-refractivity contribution < 1.29 is 33.6 Å². The number of benzene rings is 1. The number of rotatable bonds is 10. The van der Waals surface area contributed by atoms with E-state index in [1.54, 1.807) is 25.1 Å². The molecule has 2 N–H and O–H groups in total. The van der Waals surface area contributed by atoms with Gasteiger partial charge in [0.25, 0.3) is 0 Å². The van der Waals surface area contributed by atoms with E-state index in [0.717, 1.165) is 12.7 Å². The first kappa shape index (κ1) is 21.6. The Morgan fingerprint density at radius 1 is 1.08 bits per heavy atom. The summed E-state index contributed by atoms with van der Waals surface area (Å²) in [5.41, 5.74) is 0.738. The molecule has 8 nitrogen and oxygen atoms in total. The molecule has 0 aliphatic heterocycles. The van der Waals surface area contributed by atoms with Crippen molar-refractivity contribution in [1.29, 1.82) is 0 Å². The summed E-state index contributed by atoms with van der Waals surface area (Å²) in [6, 6.07) is 4.35. The standard InChI is InChI=1S/C18H27NO7/c1-5-24-14-9-8-12(11-15(14)25-6-2)10-13(16(20)17(21)23-4)19-18(22)26-7-3/h8-9,11,13,16,20H,5-7,10H2,1-4H3,(H,19,22). The van der Waals surface area contributed by atoms with Crippen LogP contribution in [0.2, 0.25) is 0 Å². The second kappa shape index (κ2) is 11.2. The molecule has 0 radical (unpaired) electrons. The van der Waals surface area contributed by atoms with Gasteiger partial charge in [-0.1, -0.05) is 6.07 Å². The van der Waals surface area contributed by atoms with Crippen LogP contribution in [0.25, 0.3) is 0 Å². The summed E-state index contributed by atoms with van der Waals surface area (Å²) in [4.78, 5) is 23.4. The van der Waals surface area contributed by atoms with Crippen molar-refractivity contribution in [1.82, 2.24) is 5.32 Å². The van der Waals surface area contributed by atoms with E-state index in [1.807, 2.05) is 13.8 Å². The predicted molar refractivity (Wildman–Crippen MR) is 94.5 cm³/mol. The molecule has 0 saturated heterocycles. The zero-order valence-electron chi connectivity index (χ0n) is 15.6. The maximum Gasteiger partial charge on any atom is 0.407 e. The largest absolute Gasteiger partial charge is 0.490 e. The van der Waals surface area contributed by atoms with Gasteiger partial charge in [-0.2, -0.15) is 0 Å². The maximum atomic E-state index is 11.7. The summed E-state index contributed by atoms with van der Waals surface area (Å²) in [5, 5.41) is 12.7. The fraction of sp³-hybridized carbons (Fsp3) is 0.556. The van der Waals surface area contributed by atoms with Crippen molar-refractivity contribution in [3.8, 4) is 11.5 Å². The number of aliphatic hydroxyl groups is 1. The van der Waals surface area contributed by atoms with E-state index in [1.165, 1.54) is 0 Å². The zero-order valence-corrected chi connectivity index (χ0v) is 15.6.